The summed E-state index contributed by atoms with van der Waals surface area (Å²) in [6.45, 7) is 6.45. The van der Waals surface area contributed by atoms with Gasteiger partial charge in [-0.3, -0.25) is 4.98 Å². The van der Waals surface area contributed by atoms with Crippen molar-refractivity contribution in [3.05, 3.63) is 70.6 Å². The number of benzene rings is 2. The zero-order chi connectivity index (χ0) is 28.8. The predicted octanol–water partition coefficient (Wildman–Crippen LogP) is 6.30. The third kappa shape index (κ3) is 4.94. The van der Waals surface area contributed by atoms with Gasteiger partial charge in [0, 0.05) is 23.8 Å². The molecular weight excluding hydrogens is 537 g/mol. The van der Waals surface area contributed by atoms with Crippen molar-refractivity contribution in [2.75, 3.05) is 23.9 Å². The molecule has 2 aromatic carbocycles. The van der Waals surface area contributed by atoms with Crippen molar-refractivity contribution in [1.82, 2.24) is 25.0 Å². The molecule has 9 nitrogen and oxygen atoms in total. The molecule has 1 saturated carbocycles. The molecule has 5 aromatic rings. The maximum atomic E-state index is 13.9. The van der Waals surface area contributed by atoms with Crippen molar-refractivity contribution in [3.8, 4) is 12.1 Å². The van der Waals surface area contributed by atoms with Gasteiger partial charge in [0.2, 0.25) is 0 Å². The van der Waals surface area contributed by atoms with E-state index in [0.717, 1.165) is 28.6 Å². The van der Waals surface area contributed by atoms with Gasteiger partial charge < -0.3 is 10.6 Å². The van der Waals surface area contributed by atoms with E-state index >= 15 is 0 Å². The minimum atomic E-state index is -0.615. The fraction of sp³-hybridized carbons (Fsp3) is 0.333. The Hall–Kier alpha value is -4.61. The molecule has 0 spiro atoms. The molecule has 1 atom stereocenters. The van der Waals surface area contributed by atoms with Crippen LogP contribution in [-0.4, -0.2) is 38.2 Å². The van der Waals surface area contributed by atoms with Crippen LogP contribution >= 0.6 is 11.3 Å². The van der Waals surface area contributed by atoms with Gasteiger partial charge in [-0.05, 0) is 42.0 Å². The lowest BCUT2D eigenvalue weighted by molar-refractivity contribution is 0.309. The lowest BCUT2D eigenvalue weighted by Crippen LogP contribution is -2.20. The molecular formula is C30H28FN9S. The molecule has 0 saturated heterocycles. The first-order valence-electron chi connectivity index (χ1n) is 13.3. The summed E-state index contributed by atoms with van der Waals surface area (Å²) in [5, 5.41) is 36.4. The smallest absolute Gasteiger partial charge is 0.115 e. The van der Waals surface area contributed by atoms with Crippen molar-refractivity contribution in [2.45, 2.75) is 45.2 Å². The summed E-state index contributed by atoms with van der Waals surface area (Å²) in [5.41, 5.74) is 6.15. The Morgan fingerprint density at radius 3 is 2.66 bits per heavy atom. The minimum Gasteiger partial charge on any atom is -0.383 e. The number of rotatable bonds is 8. The molecule has 1 fully saturated rings. The van der Waals surface area contributed by atoms with Gasteiger partial charge in [-0.1, -0.05) is 38.1 Å². The average Bonchev–Trinajstić information content (AvgIpc) is 3.35. The summed E-state index contributed by atoms with van der Waals surface area (Å²) in [6.07, 6.45) is 4.76. The highest BCUT2D eigenvalue weighted by Crippen LogP contribution is 2.44. The molecule has 3 aromatic heterocycles. The number of anilines is 2. The summed E-state index contributed by atoms with van der Waals surface area (Å²) in [5.74, 6) is 0. The molecule has 0 amide bonds. The number of nitrogens with one attached hydrogen (secondary N) is 2. The van der Waals surface area contributed by atoms with E-state index in [2.05, 4.69) is 63.8 Å². The standard InChI is InChI=1S/C30H28FN9S/c1-29(2,3)16-35-26-19(12-33)13-34-25-18(11-32)9-20(10-22(25)26)37-27(21-5-4-6-23-28(21)41-17-36-23)24-14-40(39-38-24)30(15-31)7-8-30/h4-6,9-10,13-14,17,27,37H,7-8,15-16H2,1-3H3,(H,34,35). The number of fused-ring (bicyclic) bond motifs is 2. The SMILES string of the molecule is CC(C)(C)CNc1c(C#N)cnc2c(C#N)cc(NC(c3cn(C4(CF)CC4)nn3)c3cccc4ncsc34)cc12. The maximum absolute atomic E-state index is 13.9. The van der Waals surface area contributed by atoms with Crippen molar-refractivity contribution >= 4 is 43.8 Å². The van der Waals surface area contributed by atoms with Crippen LogP contribution in [0.25, 0.3) is 21.1 Å². The second-order valence-electron chi connectivity index (χ2n) is 11.7. The number of nitriles is 2. The second kappa shape index (κ2) is 10.1. The molecule has 1 aliphatic carbocycles. The van der Waals surface area contributed by atoms with Crippen LogP contribution in [0.15, 0.2) is 48.2 Å². The fourth-order valence-electron chi connectivity index (χ4n) is 4.92. The van der Waals surface area contributed by atoms with E-state index in [-0.39, 0.29) is 5.41 Å². The van der Waals surface area contributed by atoms with Crippen molar-refractivity contribution in [1.29, 1.82) is 10.5 Å². The van der Waals surface area contributed by atoms with Crippen LogP contribution in [0.1, 0.15) is 62.0 Å². The lowest BCUT2D eigenvalue weighted by atomic mass is 9.96. The molecule has 0 aliphatic heterocycles. The Kier molecular flexibility index (Phi) is 6.55. The summed E-state index contributed by atoms with van der Waals surface area (Å²) in [7, 11) is 0. The number of hydrogen-bond acceptors (Lipinski definition) is 9. The Balaban J connectivity index is 1.49. The van der Waals surface area contributed by atoms with Crippen LogP contribution < -0.4 is 10.6 Å². The number of halogens is 1. The van der Waals surface area contributed by atoms with Crippen LogP contribution in [0.4, 0.5) is 15.8 Å². The van der Waals surface area contributed by atoms with Crippen molar-refractivity contribution in [3.63, 3.8) is 0 Å². The first-order valence-corrected chi connectivity index (χ1v) is 14.2. The van der Waals surface area contributed by atoms with Gasteiger partial charge in [0.25, 0.3) is 0 Å². The highest BCUT2D eigenvalue weighted by atomic mass is 32.1. The molecule has 3 heterocycles. The first-order chi connectivity index (χ1) is 19.7. The van der Waals surface area contributed by atoms with Gasteiger partial charge in [-0.2, -0.15) is 10.5 Å². The van der Waals surface area contributed by atoms with Gasteiger partial charge in [-0.25, -0.2) is 14.1 Å². The molecule has 41 heavy (non-hydrogen) atoms. The molecule has 1 aliphatic rings. The number of pyridine rings is 1. The van der Waals surface area contributed by atoms with Crippen LogP contribution in [0.3, 0.4) is 0 Å². The second-order valence-corrected chi connectivity index (χ2v) is 12.5. The number of alkyl halides is 1. The van der Waals surface area contributed by atoms with Gasteiger partial charge >= 0.3 is 0 Å². The molecule has 6 rings (SSSR count). The van der Waals surface area contributed by atoms with Gasteiger partial charge in [-0.15, -0.1) is 16.4 Å². The summed E-state index contributed by atoms with van der Waals surface area (Å²) in [4.78, 5) is 8.94. The maximum Gasteiger partial charge on any atom is 0.115 e. The molecule has 0 bridgehead atoms. The van der Waals surface area contributed by atoms with Crippen LogP contribution in [0, 0.1) is 28.1 Å². The normalized spacial score (nSPS) is 14.9. The fourth-order valence-corrected chi connectivity index (χ4v) is 5.76. The van der Waals surface area contributed by atoms with Gasteiger partial charge in [0.1, 0.15) is 24.5 Å². The zero-order valence-electron chi connectivity index (χ0n) is 22.9. The minimum absolute atomic E-state index is 0.0425. The van der Waals surface area contributed by atoms with E-state index in [9.17, 15) is 14.9 Å². The van der Waals surface area contributed by atoms with Crippen LogP contribution in [0.2, 0.25) is 0 Å². The third-order valence-electron chi connectivity index (χ3n) is 7.39. The lowest BCUT2D eigenvalue weighted by Gasteiger charge is -2.22. The summed E-state index contributed by atoms with van der Waals surface area (Å²) >= 11 is 1.53. The zero-order valence-corrected chi connectivity index (χ0v) is 23.8. The van der Waals surface area contributed by atoms with Crippen LogP contribution in [-0.2, 0) is 5.54 Å². The number of aromatic nitrogens is 5. The third-order valence-corrected chi connectivity index (χ3v) is 8.28. The van der Waals surface area contributed by atoms with E-state index in [1.165, 1.54) is 17.5 Å². The first kappa shape index (κ1) is 26.6. The van der Waals surface area contributed by atoms with E-state index in [1.807, 2.05) is 30.5 Å². The quantitative estimate of drug-likeness (QED) is 0.224. The Morgan fingerprint density at radius 1 is 1.15 bits per heavy atom. The molecule has 2 N–H and O–H groups in total. The van der Waals surface area contributed by atoms with E-state index in [0.29, 0.717) is 45.6 Å². The summed E-state index contributed by atoms with van der Waals surface area (Å²) in [6, 6.07) is 13.6. The number of hydrogen-bond donors (Lipinski definition) is 2. The van der Waals surface area contributed by atoms with Gasteiger partial charge in [0.15, 0.2) is 0 Å². The number of thiazole rings is 1. The van der Waals surface area contributed by atoms with E-state index in [4.69, 9.17) is 0 Å². The van der Waals surface area contributed by atoms with Crippen molar-refractivity contribution in [2.24, 2.45) is 5.41 Å². The van der Waals surface area contributed by atoms with E-state index in [1.54, 1.807) is 16.3 Å². The monoisotopic (exact) mass is 565 g/mol. The highest BCUT2D eigenvalue weighted by Gasteiger charge is 2.46. The molecule has 11 heteroatoms. The molecule has 1 unspecified atom stereocenters. The van der Waals surface area contributed by atoms with Crippen molar-refractivity contribution < 1.29 is 4.39 Å². The Labute approximate surface area is 240 Å². The summed E-state index contributed by atoms with van der Waals surface area (Å²) < 4.78 is 16.5. The predicted molar refractivity (Wildman–Crippen MR) is 157 cm³/mol. The van der Waals surface area contributed by atoms with Gasteiger partial charge in [0.05, 0.1) is 55.8 Å². The Bertz CT molecular complexity index is 1850. The van der Waals surface area contributed by atoms with Crippen LogP contribution in [0.5, 0.6) is 0 Å². The highest BCUT2D eigenvalue weighted by molar-refractivity contribution is 7.17. The van der Waals surface area contributed by atoms with E-state index < -0.39 is 18.3 Å². The average molecular weight is 566 g/mol. The Morgan fingerprint density at radius 2 is 1.95 bits per heavy atom. The largest absolute Gasteiger partial charge is 0.383 e. The number of nitrogens with zero attached hydrogens (tertiary/aromatic N) is 7. The molecule has 206 valence electrons. The molecule has 0 radical (unpaired) electrons. The topological polar surface area (TPSA) is 128 Å².